The van der Waals surface area contributed by atoms with Gasteiger partial charge in [-0.25, -0.2) is 0 Å². The second-order valence-electron chi connectivity index (χ2n) is 5.70. The van der Waals surface area contributed by atoms with Gasteiger partial charge in [0.1, 0.15) is 0 Å². The van der Waals surface area contributed by atoms with Gasteiger partial charge in [-0.3, -0.25) is 0 Å². The van der Waals surface area contributed by atoms with Crippen molar-refractivity contribution in [2.75, 3.05) is 0 Å². The minimum absolute atomic E-state index is 0.0279. The molecule has 2 heteroatoms. The van der Waals surface area contributed by atoms with Gasteiger partial charge >= 0.3 is 0 Å². The number of aliphatic hydroxyl groups excluding tert-OH is 1. The van der Waals surface area contributed by atoms with Crippen LogP contribution in [-0.2, 0) is 0 Å². The lowest BCUT2D eigenvalue weighted by Crippen LogP contribution is -2.45. The molecule has 3 unspecified atom stereocenters. The van der Waals surface area contributed by atoms with Crippen molar-refractivity contribution in [1.82, 2.24) is 0 Å². The highest BCUT2D eigenvalue weighted by Gasteiger charge is 2.37. The average molecular weight is 216 g/mol. The molecule has 0 aromatic heterocycles. The van der Waals surface area contributed by atoms with E-state index >= 15 is 0 Å². The molecule has 0 heterocycles. The first-order valence-corrected chi connectivity index (χ1v) is 6.10. The second kappa shape index (κ2) is 5.86. The molecule has 0 rings (SSSR count). The van der Waals surface area contributed by atoms with Gasteiger partial charge in [-0.05, 0) is 32.1 Å². The predicted octanol–water partition coefficient (Wildman–Crippen LogP) is 2.83. The van der Waals surface area contributed by atoms with Gasteiger partial charge in [0.25, 0.3) is 0 Å². The summed E-state index contributed by atoms with van der Waals surface area (Å²) in [5.74, 6) is 0.762. The molecule has 2 N–H and O–H groups in total. The van der Waals surface area contributed by atoms with Crippen molar-refractivity contribution in [2.45, 2.75) is 66.1 Å². The normalized spacial score (nSPS) is 20.4. The highest BCUT2D eigenvalue weighted by atomic mass is 16.3. The third-order valence-corrected chi connectivity index (χ3v) is 3.56. The van der Waals surface area contributed by atoms with Crippen LogP contribution in [0.25, 0.3) is 0 Å². The Morgan fingerprint density at radius 3 is 1.73 bits per heavy atom. The van der Waals surface area contributed by atoms with Crippen LogP contribution >= 0.6 is 0 Å². The molecule has 0 aliphatic carbocycles. The maximum atomic E-state index is 10.4. The zero-order valence-electron chi connectivity index (χ0n) is 11.1. The molecule has 92 valence electrons. The summed E-state index contributed by atoms with van der Waals surface area (Å²) in [5.41, 5.74) is -0.775. The Hall–Kier alpha value is -0.0800. The first kappa shape index (κ1) is 14.9. The minimum atomic E-state index is -0.775. The van der Waals surface area contributed by atoms with Gasteiger partial charge in [0.2, 0.25) is 0 Å². The maximum absolute atomic E-state index is 10.4. The van der Waals surface area contributed by atoms with E-state index in [1.807, 2.05) is 20.8 Å². The van der Waals surface area contributed by atoms with Crippen LogP contribution in [-0.4, -0.2) is 21.9 Å². The molecule has 2 nitrogen and oxygen atoms in total. The Bertz CT molecular complexity index is 171. The molecule has 15 heavy (non-hydrogen) atoms. The first-order valence-electron chi connectivity index (χ1n) is 6.10. The van der Waals surface area contributed by atoms with Crippen LogP contribution in [0, 0.1) is 17.8 Å². The van der Waals surface area contributed by atoms with Crippen molar-refractivity contribution in [2.24, 2.45) is 17.8 Å². The Balaban J connectivity index is 4.52. The van der Waals surface area contributed by atoms with Crippen LogP contribution in [0.4, 0.5) is 0 Å². The molecule has 0 saturated carbocycles. The summed E-state index contributed by atoms with van der Waals surface area (Å²) in [5, 5.41) is 20.1. The molecule has 0 saturated heterocycles. The van der Waals surface area contributed by atoms with Crippen molar-refractivity contribution >= 4 is 0 Å². The van der Waals surface area contributed by atoms with Gasteiger partial charge in [0, 0.05) is 5.92 Å². The molecule has 0 fully saturated rings. The fraction of sp³-hybridized carbons (Fsp3) is 1.00. The lowest BCUT2D eigenvalue weighted by molar-refractivity contribution is -0.0882. The molecular weight excluding hydrogens is 188 g/mol. The van der Waals surface area contributed by atoms with Crippen molar-refractivity contribution in [3.63, 3.8) is 0 Å². The summed E-state index contributed by atoms with van der Waals surface area (Å²) >= 11 is 0. The summed E-state index contributed by atoms with van der Waals surface area (Å²) in [7, 11) is 0. The lowest BCUT2D eigenvalue weighted by Gasteiger charge is -2.38. The number of hydrogen-bond acceptors (Lipinski definition) is 2. The molecular formula is C13H28O2. The highest BCUT2D eigenvalue weighted by molar-refractivity contribution is 4.87. The fourth-order valence-corrected chi connectivity index (χ4v) is 1.96. The van der Waals surface area contributed by atoms with Crippen molar-refractivity contribution in [1.29, 1.82) is 0 Å². The summed E-state index contributed by atoms with van der Waals surface area (Å²) in [6.45, 7) is 12.0. The Kier molecular flexibility index (Phi) is 5.82. The second-order valence-corrected chi connectivity index (χ2v) is 5.70. The Labute approximate surface area is 94.7 Å². The first-order chi connectivity index (χ1) is 6.69. The Morgan fingerprint density at radius 1 is 1.00 bits per heavy atom. The molecule has 0 aliphatic heterocycles. The van der Waals surface area contributed by atoms with Crippen LogP contribution in [0.1, 0.15) is 54.4 Å². The smallest absolute Gasteiger partial charge is 0.0695 e. The molecule has 0 aliphatic rings. The van der Waals surface area contributed by atoms with E-state index in [1.54, 1.807) is 6.92 Å². The van der Waals surface area contributed by atoms with Gasteiger partial charge < -0.3 is 10.2 Å². The molecule has 0 aromatic carbocycles. The van der Waals surface area contributed by atoms with Crippen LogP contribution in [0.15, 0.2) is 0 Å². The number of aliphatic hydroxyl groups is 2. The molecule has 0 bridgehead atoms. The molecule has 0 spiro atoms. The van der Waals surface area contributed by atoms with Crippen LogP contribution in [0.5, 0.6) is 0 Å². The van der Waals surface area contributed by atoms with E-state index in [2.05, 4.69) is 13.8 Å². The van der Waals surface area contributed by atoms with E-state index in [4.69, 9.17) is 0 Å². The van der Waals surface area contributed by atoms with Gasteiger partial charge in [-0.1, -0.05) is 34.1 Å². The van der Waals surface area contributed by atoms with Crippen molar-refractivity contribution in [3.8, 4) is 0 Å². The zero-order chi connectivity index (χ0) is 12.2. The summed E-state index contributed by atoms with van der Waals surface area (Å²) in [6.07, 6.45) is 1.50. The van der Waals surface area contributed by atoms with E-state index < -0.39 is 11.7 Å². The van der Waals surface area contributed by atoms with Gasteiger partial charge in [0.05, 0.1) is 11.7 Å². The summed E-state index contributed by atoms with van der Waals surface area (Å²) < 4.78 is 0. The molecule has 0 amide bonds. The standard InChI is InChI=1S/C13H28O2/c1-9(2)7-8-12(11(5)14)13(6,15)10(3)4/h9-12,14-15H,7-8H2,1-6H3. The van der Waals surface area contributed by atoms with Gasteiger partial charge in [0.15, 0.2) is 0 Å². The lowest BCUT2D eigenvalue weighted by atomic mass is 9.74. The van der Waals surface area contributed by atoms with E-state index in [-0.39, 0.29) is 11.8 Å². The van der Waals surface area contributed by atoms with Crippen LogP contribution in [0.3, 0.4) is 0 Å². The van der Waals surface area contributed by atoms with E-state index in [1.165, 1.54) is 0 Å². The SMILES string of the molecule is CC(C)CCC(C(C)O)C(C)(O)C(C)C. The fourth-order valence-electron chi connectivity index (χ4n) is 1.96. The third-order valence-electron chi connectivity index (χ3n) is 3.56. The monoisotopic (exact) mass is 216 g/mol. The van der Waals surface area contributed by atoms with E-state index in [0.29, 0.717) is 5.92 Å². The largest absolute Gasteiger partial charge is 0.393 e. The van der Waals surface area contributed by atoms with E-state index in [9.17, 15) is 10.2 Å². The topological polar surface area (TPSA) is 40.5 Å². The predicted molar refractivity (Wildman–Crippen MR) is 64.7 cm³/mol. The third kappa shape index (κ3) is 4.52. The van der Waals surface area contributed by atoms with Gasteiger partial charge in [-0.2, -0.15) is 0 Å². The molecule has 0 aromatic rings. The number of rotatable bonds is 6. The van der Waals surface area contributed by atoms with Crippen molar-refractivity contribution < 1.29 is 10.2 Å². The minimum Gasteiger partial charge on any atom is -0.393 e. The quantitative estimate of drug-likeness (QED) is 0.717. The van der Waals surface area contributed by atoms with E-state index in [0.717, 1.165) is 12.8 Å². The van der Waals surface area contributed by atoms with Crippen LogP contribution < -0.4 is 0 Å². The molecule has 0 radical (unpaired) electrons. The van der Waals surface area contributed by atoms with Crippen molar-refractivity contribution in [3.05, 3.63) is 0 Å². The zero-order valence-corrected chi connectivity index (χ0v) is 11.1. The van der Waals surface area contributed by atoms with Crippen LogP contribution in [0.2, 0.25) is 0 Å². The highest BCUT2D eigenvalue weighted by Crippen LogP contribution is 2.32. The average Bonchev–Trinajstić information content (AvgIpc) is 2.01. The summed E-state index contributed by atoms with van der Waals surface area (Å²) in [4.78, 5) is 0. The summed E-state index contributed by atoms with van der Waals surface area (Å²) in [6, 6.07) is 0. The number of hydrogen-bond donors (Lipinski definition) is 2. The Morgan fingerprint density at radius 2 is 1.47 bits per heavy atom. The maximum Gasteiger partial charge on any atom is 0.0695 e. The van der Waals surface area contributed by atoms with Gasteiger partial charge in [-0.15, -0.1) is 0 Å². The molecule has 3 atom stereocenters.